The van der Waals surface area contributed by atoms with Crippen LogP contribution in [0.15, 0.2) is 22.9 Å². The summed E-state index contributed by atoms with van der Waals surface area (Å²) in [4.78, 5) is 14.9. The maximum atomic E-state index is 11.0. The first-order valence-electron chi connectivity index (χ1n) is 4.49. The van der Waals surface area contributed by atoms with Gasteiger partial charge in [0.2, 0.25) is 0 Å². The van der Waals surface area contributed by atoms with Gasteiger partial charge in [0.15, 0.2) is 0 Å². The van der Waals surface area contributed by atoms with Crippen LogP contribution in [0.1, 0.15) is 31.2 Å². The normalized spacial score (nSPS) is 12.4. The Hall–Kier alpha value is -0.900. The smallest absolute Gasteiger partial charge is 0.311 e. The van der Waals surface area contributed by atoms with Crippen LogP contribution in [0, 0.1) is 0 Å². The summed E-state index contributed by atoms with van der Waals surface area (Å²) < 4.78 is 0.765. The first-order valence-corrected chi connectivity index (χ1v) is 5.28. The summed E-state index contributed by atoms with van der Waals surface area (Å²) in [6, 6.07) is 1.75. The second kappa shape index (κ2) is 5.10. The molecule has 0 spiro atoms. The lowest BCUT2D eigenvalue weighted by atomic mass is 9.96. The van der Waals surface area contributed by atoms with Crippen LogP contribution in [-0.4, -0.2) is 16.1 Å². The van der Waals surface area contributed by atoms with Crippen molar-refractivity contribution in [2.75, 3.05) is 0 Å². The molecule has 0 aliphatic rings. The van der Waals surface area contributed by atoms with Crippen molar-refractivity contribution in [3.05, 3.63) is 28.5 Å². The molecule has 14 heavy (non-hydrogen) atoms. The van der Waals surface area contributed by atoms with Crippen LogP contribution in [0.5, 0.6) is 0 Å². The molecule has 0 saturated heterocycles. The van der Waals surface area contributed by atoms with Crippen LogP contribution in [0.4, 0.5) is 0 Å². The molecule has 1 aromatic heterocycles. The monoisotopic (exact) mass is 257 g/mol. The molecule has 3 nitrogen and oxygen atoms in total. The molecular weight excluding hydrogens is 246 g/mol. The number of aromatic nitrogens is 1. The van der Waals surface area contributed by atoms with Crippen molar-refractivity contribution in [1.82, 2.24) is 4.98 Å². The zero-order valence-corrected chi connectivity index (χ0v) is 9.49. The molecule has 1 aromatic rings. The topological polar surface area (TPSA) is 50.2 Å². The highest BCUT2D eigenvalue weighted by molar-refractivity contribution is 9.10. The molecule has 1 N–H and O–H groups in total. The number of carbonyl (C=O) groups is 1. The lowest BCUT2D eigenvalue weighted by Crippen LogP contribution is -2.12. The van der Waals surface area contributed by atoms with E-state index >= 15 is 0 Å². The number of nitrogens with zero attached hydrogens (tertiary/aromatic N) is 1. The Balaban J connectivity index is 2.99. The maximum absolute atomic E-state index is 11.0. The second-order valence-electron chi connectivity index (χ2n) is 3.08. The van der Waals surface area contributed by atoms with E-state index in [-0.39, 0.29) is 0 Å². The first kappa shape index (κ1) is 11.2. The van der Waals surface area contributed by atoms with E-state index in [1.165, 1.54) is 0 Å². The molecule has 0 saturated carbocycles. The molecule has 0 fully saturated rings. The molecule has 76 valence electrons. The first-order chi connectivity index (χ1) is 6.66. The molecule has 0 amide bonds. The Labute approximate surface area is 91.3 Å². The van der Waals surface area contributed by atoms with Crippen molar-refractivity contribution >= 4 is 21.9 Å². The van der Waals surface area contributed by atoms with E-state index in [0.717, 1.165) is 16.5 Å². The number of pyridine rings is 1. The highest BCUT2D eigenvalue weighted by Gasteiger charge is 2.20. The van der Waals surface area contributed by atoms with E-state index in [1.54, 1.807) is 18.5 Å². The SMILES string of the molecule is CCCC(C(=O)O)c1ccncc1Br. The van der Waals surface area contributed by atoms with Crippen molar-refractivity contribution in [1.29, 1.82) is 0 Å². The van der Waals surface area contributed by atoms with Crippen LogP contribution < -0.4 is 0 Å². The van der Waals surface area contributed by atoms with Crippen molar-refractivity contribution in [3.8, 4) is 0 Å². The Kier molecular flexibility index (Phi) is 4.07. The number of aliphatic carboxylic acids is 1. The summed E-state index contributed by atoms with van der Waals surface area (Å²) in [6.07, 6.45) is 4.75. The predicted octanol–water partition coefficient (Wildman–Crippen LogP) is 2.81. The fourth-order valence-electron chi connectivity index (χ4n) is 1.37. The van der Waals surface area contributed by atoms with Gasteiger partial charge in [-0.25, -0.2) is 0 Å². The summed E-state index contributed by atoms with van der Waals surface area (Å²) in [5.41, 5.74) is 0.800. The molecule has 1 atom stereocenters. The summed E-state index contributed by atoms with van der Waals surface area (Å²) in [5, 5.41) is 9.04. The zero-order chi connectivity index (χ0) is 10.6. The number of hydrogen-bond acceptors (Lipinski definition) is 2. The summed E-state index contributed by atoms with van der Waals surface area (Å²) in [5.74, 6) is -1.21. The van der Waals surface area contributed by atoms with E-state index in [9.17, 15) is 4.79 Å². The highest BCUT2D eigenvalue weighted by Crippen LogP contribution is 2.27. The minimum Gasteiger partial charge on any atom is -0.481 e. The molecule has 0 aliphatic carbocycles. The highest BCUT2D eigenvalue weighted by atomic mass is 79.9. The van der Waals surface area contributed by atoms with E-state index < -0.39 is 11.9 Å². The van der Waals surface area contributed by atoms with Gasteiger partial charge in [0.05, 0.1) is 5.92 Å². The predicted molar refractivity (Wildman–Crippen MR) is 57.2 cm³/mol. The van der Waals surface area contributed by atoms with Gasteiger partial charge in [-0.2, -0.15) is 0 Å². The summed E-state index contributed by atoms with van der Waals surface area (Å²) >= 11 is 3.31. The van der Waals surface area contributed by atoms with E-state index in [1.807, 2.05) is 6.92 Å². The number of halogens is 1. The fourth-order valence-corrected chi connectivity index (χ4v) is 1.90. The van der Waals surface area contributed by atoms with Crippen molar-refractivity contribution in [2.24, 2.45) is 0 Å². The van der Waals surface area contributed by atoms with Crippen LogP contribution in [-0.2, 0) is 4.79 Å². The van der Waals surface area contributed by atoms with Gasteiger partial charge in [0.1, 0.15) is 0 Å². The Morgan fingerprint density at radius 1 is 1.71 bits per heavy atom. The molecule has 0 bridgehead atoms. The molecule has 0 radical (unpaired) electrons. The molecular formula is C10H12BrNO2. The van der Waals surface area contributed by atoms with Crippen LogP contribution >= 0.6 is 15.9 Å². The van der Waals surface area contributed by atoms with Gasteiger partial charge >= 0.3 is 5.97 Å². The second-order valence-corrected chi connectivity index (χ2v) is 3.93. The van der Waals surface area contributed by atoms with Gasteiger partial charge in [0.25, 0.3) is 0 Å². The minimum atomic E-state index is -0.779. The van der Waals surface area contributed by atoms with Gasteiger partial charge in [-0.05, 0) is 34.0 Å². The number of hydrogen-bond donors (Lipinski definition) is 1. The molecule has 0 aromatic carbocycles. The standard InChI is InChI=1S/C10H12BrNO2/c1-2-3-8(10(13)14)7-4-5-12-6-9(7)11/h4-6,8H,2-3H2,1H3,(H,13,14). The third-order valence-electron chi connectivity index (χ3n) is 2.05. The Morgan fingerprint density at radius 2 is 2.43 bits per heavy atom. The van der Waals surface area contributed by atoms with Crippen LogP contribution in [0.2, 0.25) is 0 Å². The maximum Gasteiger partial charge on any atom is 0.311 e. The van der Waals surface area contributed by atoms with Gasteiger partial charge in [-0.15, -0.1) is 0 Å². The van der Waals surface area contributed by atoms with E-state index in [4.69, 9.17) is 5.11 Å². The number of rotatable bonds is 4. The van der Waals surface area contributed by atoms with Gasteiger partial charge in [0, 0.05) is 16.9 Å². The van der Waals surface area contributed by atoms with Crippen LogP contribution in [0.3, 0.4) is 0 Å². The summed E-state index contributed by atoms with van der Waals surface area (Å²) in [6.45, 7) is 1.98. The lowest BCUT2D eigenvalue weighted by molar-refractivity contribution is -0.139. The number of carboxylic acid groups (broad SMARTS) is 1. The molecule has 1 rings (SSSR count). The van der Waals surface area contributed by atoms with Gasteiger partial charge in [-0.3, -0.25) is 9.78 Å². The quantitative estimate of drug-likeness (QED) is 0.903. The fraction of sp³-hybridized carbons (Fsp3) is 0.400. The average molecular weight is 258 g/mol. The van der Waals surface area contributed by atoms with Crippen molar-refractivity contribution < 1.29 is 9.90 Å². The summed E-state index contributed by atoms with van der Waals surface area (Å²) in [7, 11) is 0. The van der Waals surface area contributed by atoms with Gasteiger partial charge in [-0.1, -0.05) is 13.3 Å². The van der Waals surface area contributed by atoms with Crippen molar-refractivity contribution in [2.45, 2.75) is 25.7 Å². The molecule has 1 unspecified atom stereocenters. The zero-order valence-electron chi connectivity index (χ0n) is 7.90. The third-order valence-corrected chi connectivity index (χ3v) is 2.72. The van der Waals surface area contributed by atoms with E-state index in [0.29, 0.717) is 6.42 Å². The van der Waals surface area contributed by atoms with Gasteiger partial charge < -0.3 is 5.11 Å². The largest absolute Gasteiger partial charge is 0.481 e. The average Bonchev–Trinajstić information content (AvgIpc) is 2.15. The molecule has 1 heterocycles. The molecule has 0 aliphatic heterocycles. The van der Waals surface area contributed by atoms with E-state index in [2.05, 4.69) is 20.9 Å². The number of carboxylic acids is 1. The lowest BCUT2D eigenvalue weighted by Gasteiger charge is -2.12. The Morgan fingerprint density at radius 3 is 2.93 bits per heavy atom. The third kappa shape index (κ3) is 2.54. The van der Waals surface area contributed by atoms with Crippen molar-refractivity contribution in [3.63, 3.8) is 0 Å². The van der Waals surface area contributed by atoms with Crippen LogP contribution in [0.25, 0.3) is 0 Å². The minimum absolute atomic E-state index is 0.433. The Bertz CT molecular complexity index is 328. The molecule has 4 heteroatoms.